The Labute approximate surface area is 584 Å². The van der Waals surface area contributed by atoms with E-state index in [1.807, 2.05) is 0 Å². The number of nitrogens with one attached hydrogen (secondary N) is 11. The summed E-state index contributed by atoms with van der Waals surface area (Å²) in [5.74, 6) is -9.42. The molecular weight excluding hydrogens is 1370 g/mol. The third kappa shape index (κ3) is 40.7. The van der Waals surface area contributed by atoms with Crippen molar-refractivity contribution >= 4 is 130 Å². The summed E-state index contributed by atoms with van der Waals surface area (Å²) in [6.07, 6.45) is 0.0705. The van der Waals surface area contributed by atoms with Crippen molar-refractivity contribution in [2.45, 2.75) is 93.7 Å². The van der Waals surface area contributed by atoms with Crippen molar-refractivity contribution in [1.29, 1.82) is 0 Å². The van der Waals surface area contributed by atoms with Crippen LogP contribution in [0.5, 0.6) is 0 Å². The molecule has 2 aliphatic heterocycles. The number of amides is 11. The molecule has 39 heteroatoms. The van der Waals surface area contributed by atoms with Crippen molar-refractivity contribution < 1.29 is 100 Å². The van der Waals surface area contributed by atoms with Crippen LogP contribution in [0.25, 0.3) is 0 Å². The lowest BCUT2D eigenvalue weighted by Gasteiger charge is -2.27. The Bertz CT molecular complexity index is 2690. The fourth-order valence-corrected chi connectivity index (χ4v) is 12.2. The molecular formula is C59H93FN14O20S4. The van der Waals surface area contributed by atoms with Crippen LogP contribution in [0.3, 0.4) is 0 Å². The summed E-state index contributed by atoms with van der Waals surface area (Å²) in [4.78, 5) is 177. The lowest BCUT2D eigenvalue weighted by Crippen LogP contribution is -2.60. The number of nitrogens with two attached hydrogens (primary N) is 2. The molecule has 2 heterocycles. The first-order valence-electron chi connectivity index (χ1n) is 31.6. The van der Waals surface area contributed by atoms with Gasteiger partial charge < -0.3 is 108 Å². The number of aliphatic carboxylic acids is 1. The number of carboxylic acid groups (broad SMARTS) is 1. The molecule has 0 saturated carbocycles. The van der Waals surface area contributed by atoms with E-state index in [9.17, 15) is 71.8 Å². The molecule has 98 heavy (non-hydrogen) atoms. The normalized spacial score (nSPS) is 20.4. The maximum atomic E-state index is 14.4. The Morgan fingerprint density at radius 3 is 1.69 bits per heavy atom. The largest absolute Gasteiger partial charge is 0.481 e. The summed E-state index contributed by atoms with van der Waals surface area (Å²) < 4.78 is 44.6. The molecule has 2 bridgehead atoms. The quantitative estimate of drug-likeness (QED) is 0.0128. The van der Waals surface area contributed by atoms with Crippen LogP contribution in [0.2, 0.25) is 0 Å². The van der Waals surface area contributed by atoms with E-state index in [0.29, 0.717) is 95.2 Å². The number of nitrogens with zero attached hydrogens (tertiary/aromatic N) is 1. The number of hydrogen-bond donors (Lipinski definition) is 14. The molecule has 1 aromatic carbocycles. The van der Waals surface area contributed by atoms with Gasteiger partial charge in [-0.2, -0.15) is 11.8 Å². The maximum Gasteiger partial charge on any atom is 0.305 e. The highest BCUT2D eigenvalue weighted by Gasteiger charge is 2.34. The first kappa shape index (κ1) is 85.1. The molecule has 1 aromatic rings. The minimum atomic E-state index is -1.79. The molecule has 0 spiro atoms. The van der Waals surface area contributed by atoms with Crippen molar-refractivity contribution in [1.82, 2.24) is 58.5 Å². The zero-order valence-corrected chi connectivity index (χ0v) is 57.7. The predicted octanol–water partition coefficient (Wildman–Crippen LogP) is -4.04. The van der Waals surface area contributed by atoms with Crippen molar-refractivity contribution in [3.8, 4) is 0 Å². The molecule has 2 aliphatic rings. The van der Waals surface area contributed by atoms with Gasteiger partial charge in [-0.05, 0) is 49.8 Å². The molecule has 0 aromatic heterocycles. The van der Waals surface area contributed by atoms with Crippen molar-refractivity contribution in [3.63, 3.8) is 0 Å². The molecule has 0 aliphatic carbocycles. The van der Waals surface area contributed by atoms with E-state index in [4.69, 9.17) is 39.9 Å². The van der Waals surface area contributed by atoms with Gasteiger partial charge in [0.2, 0.25) is 59.1 Å². The minimum Gasteiger partial charge on any atom is -0.481 e. The summed E-state index contributed by atoms with van der Waals surface area (Å²) in [6, 6.07) is -1.80. The Hall–Kier alpha value is -7.11. The molecule has 11 amide bonds. The summed E-state index contributed by atoms with van der Waals surface area (Å²) in [6.45, 7) is 1.71. The second-order valence-electron chi connectivity index (χ2n) is 21.4. The van der Waals surface area contributed by atoms with E-state index >= 15 is 0 Å². The van der Waals surface area contributed by atoms with Gasteiger partial charge in [-0.1, -0.05) is 42.1 Å². The number of benzene rings is 1. The molecule has 7 atom stereocenters. The highest BCUT2D eigenvalue weighted by molar-refractivity contribution is 8.16. The molecule has 0 unspecified atom stereocenters. The zero-order valence-electron chi connectivity index (χ0n) is 54.4. The van der Waals surface area contributed by atoms with Gasteiger partial charge in [0.05, 0.1) is 97.5 Å². The van der Waals surface area contributed by atoms with E-state index in [2.05, 4.69) is 63.5 Å². The molecule has 0 radical (unpaired) electrons. The van der Waals surface area contributed by atoms with Crippen LogP contribution < -0.4 is 70.0 Å². The van der Waals surface area contributed by atoms with Crippen LogP contribution in [0.1, 0.15) is 50.5 Å². The molecule has 550 valence electrons. The van der Waals surface area contributed by atoms with Gasteiger partial charge in [-0.3, -0.25) is 66.9 Å². The monoisotopic (exact) mass is 1460 g/mol. The van der Waals surface area contributed by atoms with Crippen LogP contribution in [0.15, 0.2) is 35.3 Å². The van der Waals surface area contributed by atoms with Gasteiger partial charge in [0.25, 0.3) is 5.24 Å². The molecule has 2 fully saturated rings. The second kappa shape index (κ2) is 52.9. The maximum absolute atomic E-state index is 14.4. The van der Waals surface area contributed by atoms with Crippen LogP contribution in [0, 0.1) is 0 Å². The SMILES string of the molecule is NC(N)=NCCC[C@@H]1NC(=O)[C@@H]2CSCSC[C@H](NC(=O)[C@H](CC(=O)O)NC(=O)CNC1=O)C(=O)N[C@@H](Cc1ccccc1)C(=O)N[C@H](C=O)CSC(=O)N[C@@H](CCCCNC(=O)COCC(=O)NCCOCCOCCOCCOCCOCCNC(=O)CSCCC[18F])C(=O)N2. The first-order chi connectivity index (χ1) is 47.3. The van der Waals surface area contributed by atoms with Crippen molar-refractivity contribution in [2.75, 3.05) is 153 Å². The smallest absolute Gasteiger partial charge is 0.305 e. The highest BCUT2D eigenvalue weighted by atomic mass is 32.2. The zero-order chi connectivity index (χ0) is 71.6. The number of halogens is 1. The van der Waals surface area contributed by atoms with Gasteiger partial charge in [0.1, 0.15) is 55.8 Å². The topological polar surface area (TPSA) is 494 Å². The number of aldehydes is 1. The second-order valence-corrected chi connectivity index (χ2v) is 25.9. The summed E-state index contributed by atoms with van der Waals surface area (Å²) >= 11 is 4.07. The number of rotatable bonds is 41. The highest BCUT2D eigenvalue weighted by Crippen LogP contribution is 2.18. The average molecular weight is 1460 g/mol. The molecule has 3 rings (SSSR count). The number of carbonyl (C=O) groups excluding carboxylic acids is 12. The molecule has 34 nitrogen and oxygen atoms in total. The number of fused-ring (bicyclic) bond motifs is 6. The summed E-state index contributed by atoms with van der Waals surface area (Å²) in [5, 5.41) is 37.1. The number of thioether (sulfide) groups is 4. The van der Waals surface area contributed by atoms with E-state index in [-0.39, 0.29) is 111 Å². The van der Waals surface area contributed by atoms with Gasteiger partial charge in [0.15, 0.2) is 5.96 Å². The number of unbranched alkanes of at least 4 members (excludes halogenated alkanes) is 1. The molecule has 2 saturated heterocycles. The van der Waals surface area contributed by atoms with E-state index in [0.717, 1.165) is 23.5 Å². The standard InChI is InChI=1S/C59H93FN14O20S4/c60-12-7-27-95-37-50(79)65-16-18-90-20-22-92-24-26-93-25-23-91-21-19-89-17-15-64-49(78)33-94-32-48(77)63-13-5-4-10-42-53(83)72-45-35-96-38-97-36-46(57(87)71-43(28-39-8-2-1-3-9-39)54(84)68-40(31-75)34-98-59(88)74-42)73-55(85)44(29-51(80)81)69-47(76)30-67-52(82)41(70-56(45)86)11-6-14-66-58(61)62/h1-3,8-9,31,40-46H,4-7,10-30,32-38H2,(H,63,77)(H,64,78)(H,65,79)(H,67,82)(H,68,84)(H,69,76)(H,70,86)(H,71,87)(H,72,83)(H,73,85)(H,74,88)(H,80,81)(H4,61,62,66)/t40-,41+,42+,43+,44+,45+,46+/m1/s1/i60-1. The number of guanidine groups is 1. The lowest BCUT2D eigenvalue weighted by atomic mass is 10.0. The van der Waals surface area contributed by atoms with Gasteiger partial charge in [-0.25, -0.2) is 0 Å². The van der Waals surface area contributed by atoms with Crippen LogP contribution in [-0.2, 0) is 92.4 Å². The fourth-order valence-electron chi connectivity index (χ4n) is 8.53. The van der Waals surface area contributed by atoms with Gasteiger partial charge in [-0.15, -0.1) is 23.5 Å². The van der Waals surface area contributed by atoms with Crippen LogP contribution in [0.4, 0.5) is 9.18 Å². The third-order valence-corrected chi connectivity index (χ3v) is 17.9. The Balaban J connectivity index is 1.58. The average Bonchev–Trinajstić information content (AvgIpc) is 0.913. The van der Waals surface area contributed by atoms with E-state index < -0.39 is 140 Å². The van der Waals surface area contributed by atoms with Gasteiger partial charge in [0, 0.05) is 54.9 Å². The number of carbonyl (C=O) groups is 13. The Morgan fingerprint density at radius 1 is 0.592 bits per heavy atom. The lowest BCUT2D eigenvalue weighted by molar-refractivity contribution is -0.141. The Kier molecular flexibility index (Phi) is 45.9. The summed E-state index contributed by atoms with van der Waals surface area (Å²) in [7, 11) is 0. The Morgan fingerprint density at radius 2 is 1.12 bits per heavy atom. The van der Waals surface area contributed by atoms with E-state index in [1.165, 1.54) is 11.8 Å². The number of aliphatic imine (C=N–C) groups is 1. The third-order valence-electron chi connectivity index (χ3n) is 13.4. The van der Waals surface area contributed by atoms with E-state index in [1.54, 1.807) is 30.3 Å². The van der Waals surface area contributed by atoms with Crippen molar-refractivity contribution in [2.24, 2.45) is 16.5 Å². The number of alkyl halides is 1. The first-order valence-corrected chi connectivity index (χ1v) is 36.1. The summed E-state index contributed by atoms with van der Waals surface area (Å²) in [5.41, 5.74) is 11.5. The van der Waals surface area contributed by atoms with Gasteiger partial charge >= 0.3 is 5.97 Å². The van der Waals surface area contributed by atoms with Crippen LogP contribution >= 0.6 is 47.0 Å². The number of carboxylic acids is 1. The van der Waals surface area contributed by atoms with Crippen molar-refractivity contribution in [3.05, 3.63) is 35.9 Å². The minimum absolute atomic E-state index is 0.0126. The predicted molar refractivity (Wildman–Crippen MR) is 363 cm³/mol. The van der Waals surface area contributed by atoms with Crippen LogP contribution in [-0.4, -0.2) is 282 Å². The molecule has 16 N–H and O–H groups in total. The number of hydrogen-bond acceptors (Lipinski definition) is 24. The fraction of sp³-hybridized carbons (Fsp3) is 0.661. The number of ether oxygens (including phenoxy) is 6.